The Bertz CT molecular complexity index is 577. The van der Waals surface area contributed by atoms with Gasteiger partial charge in [0.15, 0.2) is 0 Å². The molecular formula is C12H8F5NO3. The van der Waals surface area contributed by atoms with Gasteiger partial charge in [-0.25, -0.2) is 13.6 Å². The van der Waals surface area contributed by atoms with E-state index in [9.17, 15) is 26.7 Å². The lowest BCUT2D eigenvalue weighted by Gasteiger charge is -2.15. The summed E-state index contributed by atoms with van der Waals surface area (Å²) >= 11 is 0. The van der Waals surface area contributed by atoms with E-state index in [2.05, 4.69) is 9.47 Å². The number of carbonyl (C=O) groups is 1. The number of carbonyl (C=O) groups excluding carboxylic acids is 1. The Morgan fingerprint density at radius 2 is 2.00 bits per heavy atom. The van der Waals surface area contributed by atoms with Gasteiger partial charge in [-0.1, -0.05) is 0 Å². The van der Waals surface area contributed by atoms with Crippen LogP contribution in [-0.4, -0.2) is 18.9 Å². The zero-order chi connectivity index (χ0) is 16.2. The normalized spacial score (nSPS) is 11.1. The number of ether oxygens (including phenoxy) is 2. The summed E-state index contributed by atoms with van der Waals surface area (Å²) in [5, 5.41) is 8.75. The number of hydrogen-bond donors (Lipinski definition) is 0. The SMILES string of the molecule is CCOC(=O)c1cc(C#N)c(C(F)F)c(OC(F)(F)F)c1. The van der Waals surface area contributed by atoms with E-state index >= 15 is 0 Å². The van der Waals surface area contributed by atoms with Crippen LogP contribution in [0.25, 0.3) is 0 Å². The molecule has 1 rings (SSSR count). The minimum atomic E-state index is -5.25. The topological polar surface area (TPSA) is 59.3 Å². The van der Waals surface area contributed by atoms with Crippen molar-refractivity contribution >= 4 is 5.97 Å². The lowest BCUT2D eigenvalue weighted by atomic mass is 10.0. The van der Waals surface area contributed by atoms with E-state index in [1.165, 1.54) is 13.0 Å². The summed E-state index contributed by atoms with van der Waals surface area (Å²) in [4.78, 5) is 11.5. The smallest absolute Gasteiger partial charge is 0.462 e. The second-order valence-corrected chi connectivity index (χ2v) is 3.62. The van der Waals surface area contributed by atoms with E-state index in [1.807, 2.05) is 0 Å². The van der Waals surface area contributed by atoms with E-state index < -0.39 is 41.2 Å². The van der Waals surface area contributed by atoms with Crippen molar-refractivity contribution < 1.29 is 36.2 Å². The molecule has 21 heavy (non-hydrogen) atoms. The molecule has 0 amide bonds. The van der Waals surface area contributed by atoms with Crippen LogP contribution in [0.3, 0.4) is 0 Å². The Morgan fingerprint density at radius 3 is 2.43 bits per heavy atom. The molecule has 0 atom stereocenters. The van der Waals surface area contributed by atoms with Gasteiger partial charge < -0.3 is 9.47 Å². The average molecular weight is 309 g/mol. The van der Waals surface area contributed by atoms with Crippen molar-refractivity contribution in [3.63, 3.8) is 0 Å². The highest BCUT2D eigenvalue weighted by atomic mass is 19.4. The Kier molecular flexibility index (Phi) is 5.07. The monoisotopic (exact) mass is 309 g/mol. The van der Waals surface area contributed by atoms with Crippen molar-refractivity contribution in [1.82, 2.24) is 0 Å². The van der Waals surface area contributed by atoms with Gasteiger partial charge in [0.1, 0.15) is 5.75 Å². The van der Waals surface area contributed by atoms with Gasteiger partial charge in [-0.15, -0.1) is 13.2 Å². The summed E-state index contributed by atoms with van der Waals surface area (Å²) in [5.41, 5.74) is -2.52. The molecule has 114 valence electrons. The van der Waals surface area contributed by atoms with Gasteiger partial charge in [0.2, 0.25) is 0 Å². The van der Waals surface area contributed by atoms with Crippen molar-refractivity contribution in [2.75, 3.05) is 6.61 Å². The molecule has 0 aromatic heterocycles. The molecule has 4 nitrogen and oxygen atoms in total. The van der Waals surface area contributed by atoms with Crippen molar-refractivity contribution in [2.24, 2.45) is 0 Å². The number of hydrogen-bond acceptors (Lipinski definition) is 4. The molecule has 0 saturated heterocycles. The van der Waals surface area contributed by atoms with Crippen LogP contribution in [-0.2, 0) is 4.74 Å². The number of halogens is 5. The molecule has 0 aliphatic rings. The second kappa shape index (κ2) is 6.39. The third-order valence-electron chi connectivity index (χ3n) is 2.22. The second-order valence-electron chi connectivity index (χ2n) is 3.62. The summed E-state index contributed by atoms with van der Waals surface area (Å²) < 4.78 is 70.3. The molecule has 0 saturated carbocycles. The minimum absolute atomic E-state index is 0.0766. The third kappa shape index (κ3) is 4.30. The number of benzene rings is 1. The highest BCUT2D eigenvalue weighted by Gasteiger charge is 2.35. The Balaban J connectivity index is 3.45. The van der Waals surface area contributed by atoms with E-state index in [4.69, 9.17) is 5.26 Å². The fraction of sp³-hybridized carbons (Fsp3) is 0.333. The van der Waals surface area contributed by atoms with E-state index in [1.54, 1.807) is 0 Å². The minimum Gasteiger partial charge on any atom is -0.462 e. The molecule has 0 spiro atoms. The molecule has 0 aliphatic heterocycles. The van der Waals surface area contributed by atoms with Gasteiger partial charge in [-0.05, 0) is 19.1 Å². The molecule has 1 aromatic carbocycles. The summed E-state index contributed by atoms with van der Waals surface area (Å²) in [7, 11) is 0. The Morgan fingerprint density at radius 1 is 1.38 bits per heavy atom. The highest BCUT2D eigenvalue weighted by Crippen LogP contribution is 2.36. The number of nitrogens with zero attached hydrogens (tertiary/aromatic N) is 1. The quantitative estimate of drug-likeness (QED) is 0.630. The van der Waals surface area contributed by atoms with Crippen molar-refractivity contribution in [1.29, 1.82) is 5.26 Å². The zero-order valence-corrected chi connectivity index (χ0v) is 10.5. The first-order valence-corrected chi connectivity index (χ1v) is 5.48. The molecule has 0 heterocycles. The van der Waals surface area contributed by atoms with Crippen LogP contribution < -0.4 is 4.74 Å². The molecule has 0 fully saturated rings. The van der Waals surface area contributed by atoms with Gasteiger partial charge in [-0.3, -0.25) is 0 Å². The highest BCUT2D eigenvalue weighted by molar-refractivity contribution is 5.90. The summed E-state index contributed by atoms with van der Waals surface area (Å²) in [5.74, 6) is -2.36. The number of nitriles is 1. The van der Waals surface area contributed by atoms with Crippen LogP contribution in [0.2, 0.25) is 0 Å². The summed E-state index contributed by atoms with van der Waals surface area (Å²) in [6.45, 7) is 1.37. The summed E-state index contributed by atoms with van der Waals surface area (Å²) in [6.07, 6.45) is -8.63. The molecule has 1 aromatic rings. The molecule has 0 unspecified atom stereocenters. The van der Waals surface area contributed by atoms with E-state index in [0.717, 1.165) is 6.07 Å². The van der Waals surface area contributed by atoms with Crippen LogP contribution in [0.1, 0.15) is 34.8 Å². The first kappa shape index (κ1) is 16.7. The first-order valence-electron chi connectivity index (χ1n) is 5.48. The average Bonchev–Trinajstić information content (AvgIpc) is 2.35. The van der Waals surface area contributed by atoms with Crippen molar-refractivity contribution in [3.8, 4) is 11.8 Å². The first-order chi connectivity index (χ1) is 9.69. The molecule has 0 radical (unpaired) electrons. The van der Waals surface area contributed by atoms with Gasteiger partial charge in [-0.2, -0.15) is 5.26 Å². The van der Waals surface area contributed by atoms with Gasteiger partial charge >= 0.3 is 12.3 Å². The molecule has 0 bridgehead atoms. The molecule has 0 N–H and O–H groups in total. The van der Waals surface area contributed by atoms with Crippen molar-refractivity contribution in [3.05, 3.63) is 28.8 Å². The van der Waals surface area contributed by atoms with Crippen LogP contribution >= 0.6 is 0 Å². The van der Waals surface area contributed by atoms with E-state index in [-0.39, 0.29) is 6.61 Å². The molecular weight excluding hydrogens is 301 g/mol. The fourth-order valence-corrected chi connectivity index (χ4v) is 1.49. The third-order valence-corrected chi connectivity index (χ3v) is 2.22. The number of esters is 1. The van der Waals surface area contributed by atoms with Gasteiger partial charge in [0.05, 0.1) is 29.4 Å². The van der Waals surface area contributed by atoms with Crippen LogP contribution in [0.5, 0.6) is 5.75 Å². The number of rotatable bonds is 4. The van der Waals surface area contributed by atoms with Crippen LogP contribution in [0.4, 0.5) is 22.0 Å². The van der Waals surface area contributed by atoms with Gasteiger partial charge in [0.25, 0.3) is 6.43 Å². The van der Waals surface area contributed by atoms with Gasteiger partial charge in [0, 0.05) is 0 Å². The zero-order valence-electron chi connectivity index (χ0n) is 10.5. The number of alkyl halides is 5. The maximum absolute atomic E-state index is 12.8. The maximum Gasteiger partial charge on any atom is 0.573 e. The predicted octanol–water partition coefficient (Wildman–Crippen LogP) is 3.57. The largest absolute Gasteiger partial charge is 0.573 e. The van der Waals surface area contributed by atoms with Crippen LogP contribution in [0.15, 0.2) is 12.1 Å². The standard InChI is InChI=1S/C12H8F5NO3/c1-2-20-11(19)6-3-7(5-18)9(10(13)14)8(4-6)21-12(15,16)17/h3-4,10H,2H2,1H3. The van der Waals surface area contributed by atoms with Crippen LogP contribution in [0, 0.1) is 11.3 Å². The lowest BCUT2D eigenvalue weighted by molar-refractivity contribution is -0.275. The Hall–Kier alpha value is -2.37. The Labute approximate surface area is 115 Å². The fourth-order valence-electron chi connectivity index (χ4n) is 1.49. The van der Waals surface area contributed by atoms with Crippen molar-refractivity contribution in [2.45, 2.75) is 19.7 Å². The predicted molar refractivity (Wildman–Crippen MR) is 58.8 cm³/mol. The summed E-state index contributed by atoms with van der Waals surface area (Å²) in [6, 6.07) is 2.50. The van der Waals surface area contributed by atoms with E-state index in [0.29, 0.717) is 6.07 Å². The lowest BCUT2D eigenvalue weighted by Crippen LogP contribution is -2.19. The molecule has 0 aliphatic carbocycles. The maximum atomic E-state index is 12.8. The molecule has 9 heteroatoms.